The van der Waals surface area contributed by atoms with Crippen molar-refractivity contribution in [1.82, 2.24) is 10.6 Å². The van der Waals surface area contributed by atoms with E-state index in [0.717, 1.165) is 6.54 Å². The van der Waals surface area contributed by atoms with Gasteiger partial charge in [0.1, 0.15) is 0 Å². The minimum absolute atomic E-state index is 0.00565. The van der Waals surface area contributed by atoms with Crippen LogP contribution in [-0.2, 0) is 20.3 Å². The number of nitrogens with one attached hydrogen (secondary N) is 2. The lowest BCUT2D eigenvalue weighted by Gasteiger charge is -2.17. The van der Waals surface area contributed by atoms with E-state index in [2.05, 4.69) is 10.6 Å². The van der Waals surface area contributed by atoms with Crippen LogP contribution in [0.2, 0.25) is 0 Å². The molecular formula is C10H20N2O3S. The summed E-state index contributed by atoms with van der Waals surface area (Å²) in [4.78, 5) is 11.8. The molecule has 6 heteroatoms. The number of hydrogen-bond donors (Lipinski definition) is 2. The Balaban J connectivity index is 2.31. The van der Waals surface area contributed by atoms with Gasteiger partial charge in [-0.1, -0.05) is 6.92 Å². The Morgan fingerprint density at radius 1 is 1.50 bits per heavy atom. The van der Waals surface area contributed by atoms with Gasteiger partial charge < -0.3 is 15.4 Å². The minimum atomic E-state index is -0.857. The Morgan fingerprint density at radius 3 is 2.88 bits per heavy atom. The monoisotopic (exact) mass is 248 g/mol. The molecule has 1 amide bonds. The lowest BCUT2D eigenvalue weighted by Crippen LogP contribution is -2.44. The number of carbonyl (C=O) groups is 1. The summed E-state index contributed by atoms with van der Waals surface area (Å²) in [6.45, 7) is 4.37. The predicted octanol–water partition coefficient (Wildman–Crippen LogP) is -0.894. The van der Waals surface area contributed by atoms with Gasteiger partial charge in [0, 0.05) is 35.4 Å². The molecule has 0 saturated carbocycles. The van der Waals surface area contributed by atoms with Crippen molar-refractivity contribution in [3.8, 4) is 0 Å². The molecule has 1 aliphatic rings. The Labute approximate surface area is 98.8 Å². The Morgan fingerprint density at radius 2 is 2.25 bits per heavy atom. The maximum absolute atomic E-state index is 11.8. The maximum Gasteiger partial charge on any atom is 0.227 e. The molecule has 16 heavy (non-hydrogen) atoms. The summed E-state index contributed by atoms with van der Waals surface area (Å²) < 4.78 is 16.1. The Kier molecular flexibility index (Phi) is 5.94. The lowest BCUT2D eigenvalue weighted by atomic mass is 10.0. The molecule has 0 aromatic heterocycles. The summed E-state index contributed by atoms with van der Waals surface area (Å²) in [7, 11) is -0.857. The summed E-state index contributed by atoms with van der Waals surface area (Å²) in [5.74, 6) is 0.379. The molecule has 1 rings (SSSR count). The first-order valence-electron chi connectivity index (χ1n) is 5.54. The summed E-state index contributed by atoms with van der Waals surface area (Å²) in [6, 6.07) is 0.108. The number of carbonyl (C=O) groups excluding carboxylic acids is 1. The second-order valence-electron chi connectivity index (χ2n) is 3.88. The molecule has 2 N–H and O–H groups in total. The van der Waals surface area contributed by atoms with E-state index >= 15 is 0 Å². The van der Waals surface area contributed by atoms with Crippen molar-refractivity contribution in [2.24, 2.45) is 5.92 Å². The fraction of sp³-hybridized carbons (Fsp3) is 0.900. The highest BCUT2D eigenvalue weighted by atomic mass is 32.2. The summed E-state index contributed by atoms with van der Waals surface area (Å²) in [5, 5.41) is 6.02. The van der Waals surface area contributed by atoms with Crippen molar-refractivity contribution in [3.63, 3.8) is 0 Å². The summed E-state index contributed by atoms with van der Waals surface area (Å²) in [5.41, 5.74) is 0. The number of rotatable bonds is 6. The third-order valence-corrected chi connectivity index (χ3v) is 3.35. The van der Waals surface area contributed by atoms with Crippen LogP contribution in [0.4, 0.5) is 0 Å². The van der Waals surface area contributed by atoms with Crippen molar-refractivity contribution < 1.29 is 13.7 Å². The molecule has 0 aromatic rings. The minimum Gasteiger partial charge on any atom is -0.379 e. The second kappa shape index (κ2) is 6.98. The zero-order chi connectivity index (χ0) is 12.0. The predicted molar refractivity (Wildman–Crippen MR) is 63.7 cm³/mol. The van der Waals surface area contributed by atoms with Gasteiger partial charge in [-0.05, 0) is 6.54 Å². The van der Waals surface area contributed by atoms with Crippen LogP contribution >= 0.6 is 0 Å². The largest absolute Gasteiger partial charge is 0.379 e. The standard InChI is InChI=1S/C10H20N2O3S/c1-3-11-9-7-15-6-8(9)10(13)12-4-5-16(2)14/h8-9,11H,3-7H2,1-2H3,(H,12,13). The van der Waals surface area contributed by atoms with Crippen molar-refractivity contribution >= 4 is 16.7 Å². The van der Waals surface area contributed by atoms with Crippen LogP contribution in [-0.4, -0.2) is 54.5 Å². The third kappa shape index (κ3) is 4.19. The quantitative estimate of drug-likeness (QED) is 0.640. The topological polar surface area (TPSA) is 67.4 Å². The van der Waals surface area contributed by atoms with Crippen LogP contribution in [0, 0.1) is 5.92 Å². The van der Waals surface area contributed by atoms with Gasteiger partial charge in [-0.3, -0.25) is 9.00 Å². The van der Waals surface area contributed by atoms with Gasteiger partial charge in [0.05, 0.1) is 19.1 Å². The molecule has 0 spiro atoms. The first kappa shape index (κ1) is 13.6. The molecule has 1 aliphatic heterocycles. The highest BCUT2D eigenvalue weighted by Gasteiger charge is 2.33. The molecule has 3 atom stereocenters. The van der Waals surface area contributed by atoms with Gasteiger partial charge >= 0.3 is 0 Å². The molecule has 0 bridgehead atoms. The lowest BCUT2D eigenvalue weighted by molar-refractivity contribution is -0.125. The highest BCUT2D eigenvalue weighted by Crippen LogP contribution is 2.13. The van der Waals surface area contributed by atoms with E-state index in [1.54, 1.807) is 6.26 Å². The van der Waals surface area contributed by atoms with E-state index in [9.17, 15) is 9.00 Å². The van der Waals surface area contributed by atoms with Crippen LogP contribution in [0.25, 0.3) is 0 Å². The summed E-state index contributed by atoms with van der Waals surface area (Å²) in [6.07, 6.45) is 1.63. The van der Waals surface area contributed by atoms with Crippen molar-refractivity contribution in [2.75, 3.05) is 38.3 Å². The molecule has 5 nitrogen and oxygen atoms in total. The van der Waals surface area contributed by atoms with Gasteiger partial charge in [0.2, 0.25) is 5.91 Å². The van der Waals surface area contributed by atoms with Crippen LogP contribution < -0.4 is 10.6 Å². The van der Waals surface area contributed by atoms with Crippen molar-refractivity contribution in [1.29, 1.82) is 0 Å². The molecular weight excluding hydrogens is 228 g/mol. The molecule has 1 fully saturated rings. The van der Waals surface area contributed by atoms with E-state index in [4.69, 9.17) is 4.74 Å². The zero-order valence-electron chi connectivity index (χ0n) is 9.82. The normalized spacial score (nSPS) is 26.6. The molecule has 94 valence electrons. The maximum atomic E-state index is 11.8. The smallest absolute Gasteiger partial charge is 0.227 e. The van der Waals surface area contributed by atoms with E-state index in [1.807, 2.05) is 6.92 Å². The van der Waals surface area contributed by atoms with Crippen LogP contribution in [0.1, 0.15) is 6.92 Å². The van der Waals surface area contributed by atoms with Gasteiger partial charge in [0.15, 0.2) is 0 Å². The number of amides is 1. The van der Waals surface area contributed by atoms with Gasteiger partial charge in [-0.15, -0.1) is 0 Å². The molecule has 3 unspecified atom stereocenters. The molecule has 0 aliphatic carbocycles. The van der Waals surface area contributed by atoms with Crippen molar-refractivity contribution in [3.05, 3.63) is 0 Å². The number of likely N-dealkylation sites (N-methyl/N-ethyl adjacent to an activating group) is 1. The number of hydrogen-bond acceptors (Lipinski definition) is 4. The van der Waals surface area contributed by atoms with Crippen LogP contribution in [0.3, 0.4) is 0 Å². The third-order valence-electron chi connectivity index (χ3n) is 2.57. The molecule has 1 saturated heterocycles. The SMILES string of the molecule is CCNC1COCC1C(=O)NCCS(C)=O. The van der Waals surface area contributed by atoms with Crippen molar-refractivity contribution in [2.45, 2.75) is 13.0 Å². The Hall–Kier alpha value is -0.460. The van der Waals surface area contributed by atoms with E-state index in [0.29, 0.717) is 25.5 Å². The van der Waals surface area contributed by atoms with Crippen LogP contribution in [0.5, 0.6) is 0 Å². The van der Waals surface area contributed by atoms with E-state index in [-0.39, 0.29) is 17.9 Å². The fourth-order valence-corrected chi connectivity index (χ4v) is 2.11. The molecule has 0 radical (unpaired) electrons. The first-order valence-corrected chi connectivity index (χ1v) is 7.26. The van der Waals surface area contributed by atoms with Crippen LogP contribution in [0.15, 0.2) is 0 Å². The molecule has 1 heterocycles. The Bertz CT molecular complexity index is 260. The summed E-state index contributed by atoms with van der Waals surface area (Å²) >= 11 is 0. The average Bonchev–Trinajstić information content (AvgIpc) is 2.66. The fourth-order valence-electron chi connectivity index (χ4n) is 1.73. The van der Waals surface area contributed by atoms with E-state index in [1.165, 1.54) is 0 Å². The first-order chi connectivity index (χ1) is 7.65. The van der Waals surface area contributed by atoms with E-state index < -0.39 is 10.8 Å². The van der Waals surface area contributed by atoms with Gasteiger partial charge in [-0.2, -0.15) is 0 Å². The molecule has 0 aromatic carbocycles. The second-order valence-corrected chi connectivity index (χ2v) is 5.43. The number of ether oxygens (including phenoxy) is 1. The average molecular weight is 248 g/mol. The van der Waals surface area contributed by atoms with Gasteiger partial charge in [-0.25, -0.2) is 0 Å². The highest BCUT2D eigenvalue weighted by molar-refractivity contribution is 7.84. The van der Waals surface area contributed by atoms with Gasteiger partial charge in [0.25, 0.3) is 0 Å². The zero-order valence-corrected chi connectivity index (χ0v) is 10.6.